The number of carbonyl (C=O) groups excluding carboxylic acids is 1. The minimum absolute atomic E-state index is 0.0236. The number of benzene rings is 1. The van der Waals surface area contributed by atoms with Crippen molar-refractivity contribution in [2.75, 3.05) is 13.2 Å². The third-order valence-corrected chi connectivity index (χ3v) is 4.40. The van der Waals surface area contributed by atoms with Crippen molar-refractivity contribution < 1.29 is 14.6 Å². The normalized spacial score (nSPS) is 16.7. The van der Waals surface area contributed by atoms with Gasteiger partial charge in [0, 0.05) is 0 Å². The maximum atomic E-state index is 12.1. The summed E-state index contributed by atoms with van der Waals surface area (Å²) >= 11 is 0. The Hall–Kier alpha value is -1.55. The van der Waals surface area contributed by atoms with Crippen LogP contribution in [-0.4, -0.2) is 29.8 Å². The Kier molecular flexibility index (Phi) is 5.83. The molecule has 0 aromatic heterocycles. The van der Waals surface area contributed by atoms with Gasteiger partial charge in [-0.3, -0.25) is 4.79 Å². The van der Waals surface area contributed by atoms with Crippen LogP contribution in [0.25, 0.3) is 0 Å². The second kappa shape index (κ2) is 7.63. The molecule has 0 spiro atoms. The van der Waals surface area contributed by atoms with Crippen molar-refractivity contribution in [1.29, 1.82) is 0 Å². The van der Waals surface area contributed by atoms with Crippen LogP contribution in [0, 0.1) is 0 Å². The molecule has 1 amide bonds. The number of rotatable bonds is 7. The van der Waals surface area contributed by atoms with Gasteiger partial charge in [-0.05, 0) is 30.4 Å². The molecule has 4 heteroatoms. The van der Waals surface area contributed by atoms with E-state index in [4.69, 9.17) is 4.74 Å². The van der Waals surface area contributed by atoms with Crippen LogP contribution in [0.5, 0.6) is 5.75 Å². The number of nitrogens with one attached hydrogen (secondary N) is 1. The highest BCUT2D eigenvalue weighted by Gasteiger charge is 2.34. The van der Waals surface area contributed by atoms with Crippen LogP contribution in [0.15, 0.2) is 24.3 Å². The first kappa shape index (κ1) is 16.8. The Morgan fingerprint density at radius 3 is 2.64 bits per heavy atom. The lowest BCUT2D eigenvalue weighted by molar-refractivity contribution is -0.124. The summed E-state index contributed by atoms with van der Waals surface area (Å²) in [4.78, 5) is 12.1. The van der Waals surface area contributed by atoms with Crippen molar-refractivity contribution >= 4 is 5.91 Å². The maximum Gasteiger partial charge on any atom is 0.223 e. The molecule has 0 saturated heterocycles. The number of hydrogen-bond donors (Lipinski definition) is 2. The van der Waals surface area contributed by atoms with E-state index < -0.39 is 5.54 Å². The van der Waals surface area contributed by atoms with E-state index in [1.54, 1.807) is 0 Å². The Balaban J connectivity index is 1.82. The fourth-order valence-electron chi connectivity index (χ4n) is 3.08. The van der Waals surface area contributed by atoms with Gasteiger partial charge in [-0.25, -0.2) is 0 Å². The standard InChI is InChI=1S/C18H27NO3/c1-14(2)15-7-3-4-8-16(15)22-12-9-17(21)19-18(13-20)10-5-6-11-18/h3-4,7-8,14,20H,5-6,9-13H2,1-2H3,(H,19,21). The third kappa shape index (κ3) is 4.23. The molecule has 1 saturated carbocycles. The quantitative estimate of drug-likeness (QED) is 0.814. The summed E-state index contributed by atoms with van der Waals surface area (Å²) in [5, 5.41) is 12.5. The van der Waals surface area contributed by atoms with Crippen LogP contribution < -0.4 is 10.1 Å². The van der Waals surface area contributed by atoms with Crippen LogP contribution in [0.3, 0.4) is 0 Å². The summed E-state index contributed by atoms with van der Waals surface area (Å²) in [6, 6.07) is 7.94. The second-order valence-corrected chi connectivity index (χ2v) is 6.48. The Morgan fingerprint density at radius 2 is 2.00 bits per heavy atom. The van der Waals surface area contributed by atoms with Crippen LogP contribution >= 0.6 is 0 Å². The van der Waals surface area contributed by atoms with E-state index in [2.05, 4.69) is 25.2 Å². The highest BCUT2D eigenvalue weighted by Crippen LogP contribution is 2.29. The molecule has 0 atom stereocenters. The molecule has 0 heterocycles. The molecule has 122 valence electrons. The molecule has 0 aliphatic heterocycles. The first-order valence-electron chi connectivity index (χ1n) is 8.20. The Morgan fingerprint density at radius 1 is 1.32 bits per heavy atom. The van der Waals surface area contributed by atoms with Crippen LogP contribution in [0.1, 0.15) is 57.4 Å². The number of ether oxygens (including phenoxy) is 1. The molecule has 2 N–H and O–H groups in total. The molecular weight excluding hydrogens is 278 g/mol. The van der Waals surface area contributed by atoms with Gasteiger partial charge < -0.3 is 15.2 Å². The summed E-state index contributed by atoms with van der Waals surface area (Å²) in [5.41, 5.74) is 0.762. The number of aliphatic hydroxyl groups is 1. The van der Waals surface area contributed by atoms with Crippen molar-refractivity contribution in [2.24, 2.45) is 0 Å². The Labute approximate surface area is 132 Å². The molecule has 2 rings (SSSR count). The number of para-hydroxylation sites is 1. The summed E-state index contributed by atoms with van der Waals surface area (Å²) in [5.74, 6) is 1.20. The van der Waals surface area contributed by atoms with E-state index >= 15 is 0 Å². The lowest BCUT2D eigenvalue weighted by Gasteiger charge is -2.28. The topological polar surface area (TPSA) is 58.6 Å². The molecule has 4 nitrogen and oxygen atoms in total. The van der Waals surface area contributed by atoms with Gasteiger partial charge in [-0.1, -0.05) is 44.9 Å². The minimum atomic E-state index is -0.396. The molecule has 1 aliphatic carbocycles. The molecule has 0 unspecified atom stereocenters. The lowest BCUT2D eigenvalue weighted by atomic mass is 9.99. The van der Waals surface area contributed by atoms with Crippen LogP contribution in [0.2, 0.25) is 0 Å². The molecule has 1 aromatic rings. The summed E-state index contributed by atoms with van der Waals surface area (Å²) in [7, 11) is 0. The summed E-state index contributed by atoms with van der Waals surface area (Å²) < 4.78 is 5.78. The third-order valence-electron chi connectivity index (χ3n) is 4.40. The van der Waals surface area contributed by atoms with Gasteiger partial charge in [0.2, 0.25) is 5.91 Å². The van der Waals surface area contributed by atoms with Gasteiger partial charge in [-0.15, -0.1) is 0 Å². The fourth-order valence-corrected chi connectivity index (χ4v) is 3.08. The molecule has 1 aromatic carbocycles. The van der Waals surface area contributed by atoms with Gasteiger partial charge in [0.25, 0.3) is 0 Å². The minimum Gasteiger partial charge on any atom is -0.493 e. The Bertz CT molecular complexity index is 493. The van der Waals surface area contributed by atoms with E-state index in [-0.39, 0.29) is 12.5 Å². The predicted molar refractivity (Wildman–Crippen MR) is 87.1 cm³/mol. The van der Waals surface area contributed by atoms with Gasteiger partial charge in [0.1, 0.15) is 5.75 Å². The molecule has 0 radical (unpaired) electrons. The van der Waals surface area contributed by atoms with Gasteiger partial charge in [0.05, 0.1) is 25.2 Å². The molecule has 22 heavy (non-hydrogen) atoms. The first-order chi connectivity index (χ1) is 10.6. The highest BCUT2D eigenvalue weighted by molar-refractivity contribution is 5.77. The average molecular weight is 305 g/mol. The second-order valence-electron chi connectivity index (χ2n) is 6.48. The molecule has 0 bridgehead atoms. The van der Waals surface area contributed by atoms with E-state index in [0.717, 1.165) is 37.0 Å². The van der Waals surface area contributed by atoms with Crippen molar-refractivity contribution in [1.82, 2.24) is 5.32 Å². The van der Waals surface area contributed by atoms with Crippen molar-refractivity contribution in [3.05, 3.63) is 29.8 Å². The molecular formula is C18H27NO3. The van der Waals surface area contributed by atoms with Gasteiger partial charge >= 0.3 is 0 Å². The van der Waals surface area contributed by atoms with Crippen molar-refractivity contribution in [2.45, 2.75) is 57.4 Å². The van der Waals surface area contributed by atoms with Gasteiger partial charge in [0.15, 0.2) is 0 Å². The molecule has 1 aliphatic rings. The van der Waals surface area contributed by atoms with Crippen molar-refractivity contribution in [3.8, 4) is 5.75 Å². The van der Waals surface area contributed by atoms with Gasteiger partial charge in [-0.2, -0.15) is 0 Å². The van der Waals surface area contributed by atoms with E-state index in [1.807, 2.05) is 18.2 Å². The average Bonchev–Trinajstić information content (AvgIpc) is 2.96. The highest BCUT2D eigenvalue weighted by atomic mass is 16.5. The number of hydrogen-bond acceptors (Lipinski definition) is 3. The summed E-state index contributed by atoms with van der Waals surface area (Å²) in [6.45, 7) is 4.63. The molecule has 1 fully saturated rings. The largest absolute Gasteiger partial charge is 0.493 e. The zero-order valence-corrected chi connectivity index (χ0v) is 13.6. The first-order valence-corrected chi connectivity index (χ1v) is 8.20. The zero-order chi connectivity index (χ0) is 16.0. The fraction of sp³-hybridized carbons (Fsp3) is 0.611. The van der Waals surface area contributed by atoms with E-state index in [1.165, 1.54) is 0 Å². The predicted octanol–water partition coefficient (Wildman–Crippen LogP) is 3.00. The maximum absolute atomic E-state index is 12.1. The summed E-state index contributed by atoms with van der Waals surface area (Å²) in [6.07, 6.45) is 4.19. The van der Waals surface area contributed by atoms with Crippen LogP contribution in [0.4, 0.5) is 0 Å². The number of aliphatic hydroxyl groups excluding tert-OH is 1. The van der Waals surface area contributed by atoms with E-state index in [0.29, 0.717) is 18.9 Å². The zero-order valence-electron chi connectivity index (χ0n) is 13.6. The number of amides is 1. The lowest BCUT2D eigenvalue weighted by Crippen LogP contribution is -2.49. The monoisotopic (exact) mass is 305 g/mol. The van der Waals surface area contributed by atoms with Crippen molar-refractivity contribution in [3.63, 3.8) is 0 Å². The SMILES string of the molecule is CC(C)c1ccccc1OCCC(=O)NC1(CO)CCCC1. The smallest absolute Gasteiger partial charge is 0.223 e. The number of carbonyl (C=O) groups is 1. The van der Waals surface area contributed by atoms with Crippen LogP contribution in [-0.2, 0) is 4.79 Å². The van der Waals surface area contributed by atoms with E-state index in [9.17, 15) is 9.90 Å².